The van der Waals surface area contributed by atoms with Gasteiger partial charge in [-0.2, -0.15) is 11.8 Å². The third kappa shape index (κ3) is 4.09. The zero-order valence-corrected chi connectivity index (χ0v) is 11.8. The maximum Gasteiger partial charge on any atom is 0.323 e. The second-order valence-electron chi connectivity index (χ2n) is 4.59. The fourth-order valence-electron chi connectivity index (χ4n) is 2.12. The Morgan fingerprint density at radius 2 is 2.37 bits per heavy atom. The number of nitrogens with one attached hydrogen (secondary N) is 1. The Morgan fingerprint density at radius 3 is 3.05 bits per heavy atom. The number of nitrogens with zero attached hydrogens (tertiary/aromatic N) is 2. The summed E-state index contributed by atoms with van der Waals surface area (Å²) in [4.78, 5) is 17.8. The summed E-state index contributed by atoms with van der Waals surface area (Å²) in [5, 5.41) is 3.21. The molecular weight excluding hydrogens is 265 g/mol. The van der Waals surface area contributed by atoms with Crippen molar-refractivity contribution in [1.29, 1.82) is 0 Å². The molecule has 1 atom stereocenters. The lowest BCUT2D eigenvalue weighted by molar-refractivity contribution is 0.214. The van der Waals surface area contributed by atoms with Crippen molar-refractivity contribution in [2.24, 2.45) is 0 Å². The lowest BCUT2D eigenvalue weighted by atomic mass is 10.2. The zero-order chi connectivity index (χ0) is 13.7. The molecular formula is C13H18FN3OS. The fourth-order valence-corrected chi connectivity index (χ4v) is 2.85. The standard InChI is InChI=1S/C13H18FN3OS/c1-19-11-4-2-3-7-17(9-11)13(18)16-12-6-5-10(14)8-15-12/h5-6,8,11H,2-4,7,9H2,1H3,(H,15,16,18)/t11-/m0/s1. The number of hydrogen-bond acceptors (Lipinski definition) is 3. The molecule has 0 radical (unpaired) electrons. The smallest absolute Gasteiger partial charge is 0.323 e. The number of thioether (sulfide) groups is 1. The molecule has 1 aromatic rings. The third-order valence-electron chi connectivity index (χ3n) is 3.21. The van der Waals surface area contributed by atoms with Crippen molar-refractivity contribution >= 4 is 23.6 Å². The van der Waals surface area contributed by atoms with Gasteiger partial charge >= 0.3 is 6.03 Å². The minimum absolute atomic E-state index is 0.153. The highest BCUT2D eigenvalue weighted by Gasteiger charge is 2.21. The Balaban J connectivity index is 1.96. The van der Waals surface area contributed by atoms with Crippen molar-refractivity contribution in [1.82, 2.24) is 9.88 Å². The third-order valence-corrected chi connectivity index (χ3v) is 4.26. The molecule has 0 bridgehead atoms. The van der Waals surface area contributed by atoms with E-state index in [1.807, 2.05) is 4.90 Å². The van der Waals surface area contributed by atoms with Gasteiger partial charge in [-0.25, -0.2) is 14.2 Å². The van der Waals surface area contributed by atoms with E-state index in [9.17, 15) is 9.18 Å². The van der Waals surface area contributed by atoms with Gasteiger partial charge in [0.05, 0.1) is 6.20 Å². The number of anilines is 1. The number of hydrogen-bond donors (Lipinski definition) is 1. The van der Waals surface area contributed by atoms with Crippen molar-refractivity contribution in [2.75, 3.05) is 24.7 Å². The van der Waals surface area contributed by atoms with E-state index in [-0.39, 0.29) is 6.03 Å². The van der Waals surface area contributed by atoms with Crippen molar-refractivity contribution in [3.63, 3.8) is 0 Å². The Kier molecular flexibility index (Phi) is 5.01. The number of pyridine rings is 1. The van der Waals surface area contributed by atoms with Crippen LogP contribution in [0.1, 0.15) is 19.3 Å². The monoisotopic (exact) mass is 283 g/mol. The number of carbonyl (C=O) groups excluding carboxylic acids is 1. The van der Waals surface area contributed by atoms with E-state index in [1.165, 1.54) is 12.1 Å². The summed E-state index contributed by atoms with van der Waals surface area (Å²) in [5.74, 6) is -0.0217. The average Bonchev–Trinajstić information content (AvgIpc) is 2.67. The molecule has 0 aliphatic carbocycles. The van der Waals surface area contributed by atoms with E-state index >= 15 is 0 Å². The first kappa shape index (κ1) is 14.1. The molecule has 6 heteroatoms. The molecule has 2 amide bonds. The summed E-state index contributed by atoms with van der Waals surface area (Å²) in [5.41, 5.74) is 0. The van der Waals surface area contributed by atoms with Gasteiger partial charge in [0, 0.05) is 18.3 Å². The lowest BCUT2D eigenvalue weighted by Crippen LogP contribution is -2.38. The van der Waals surface area contributed by atoms with E-state index in [2.05, 4.69) is 16.6 Å². The van der Waals surface area contributed by atoms with Crippen LogP contribution in [0.3, 0.4) is 0 Å². The van der Waals surface area contributed by atoms with Crippen molar-refractivity contribution in [3.8, 4) is 0 Å². The van der Waals surface area contributed by atoms with Gasteiger partial charge in [0.1, 0.15) is 11.6 Å². The van der Waals surface area contributed by atoms with Crippen LogP contribution >= 0.6 is 11.8 Å². The molecule has 1 aliphatic rings. The second kappa shape index (κ2) is 6.75. The number of halogens is 1. The van der Waals surface area contributed by atoms with Crippen LogP contribution in [0.2, 0.25) is 0 Å². The van der Waals surface area contributed by atoms with Crippen LogP contribution in [0.25, 0.3) is 0 Å². The SMILES string of the molecule is CS[C@H]1CCCCN(C(=O)Nc2ccc(F)cn2)C1. The number of rotatable bonds is 2. The summed E-state index contributed by atoms with van der Waals surface area (Å²) >= 11 is 1.80. The van der Waals surface area contributed by atoms with E-state index in [0.29, 0.717) is 11.1 Å². The molecule has 1 aliphatic heterocycles. The number of aromatic nitrogens is 1. The van der Waals surface area contributed by atoms with Crippen LogP contribution in [0.4, 0.5) is 15.0 Å². The van der Waals surface area contributed by atoms with Crippen LogP contribution in [0, 0.1) is 5.82 Å². The lowest BCUT2D eigenvalue weighted by Gasteiger charge is -2.23. The number of carbonyl (C=O) groups is 1. The van der Waals surface area contributed by atoms with E-state index in [0.717, 1.165) is 38.5 Å². The van der Waals surface area contributed by atoms with Crippen LogP contribution in [-0.2, 0) is 0 Å². The van der Waals surface area contributed by atoms with Gasteiger partial charge in [-0.3, -0.25) is 5.32 Å². The molecule has 19 heavy (non-hydrogen) atoms. The van der Waals surface area contributed by atoms with Gasteiger partial charge < -0.3 is 4.90 Å². The highest BCUT2D eigenvalue weighted by Crippen LogP contribution is 2.20. The Bertz CT molecular complexity index is 426. The van der Waals surface area contributed by atoms with E-state index < -0.39 is 5.82 Å². The fraction of sp³-hybridized carbons (Fsp3) is 0.538. The molecule has 2 rings (SSSR count). The van der Waals surface area contributed by atoms with Crippen LogP contribution in [0.5, 0.6) is 0 Å². The molecule has 1 saturated heterocycles. The minimum atomic E-state index is -0.407. The summed E-state index contributed by atoms with van der Waals surface area (Å²) in [7, 11) is 0. The predicted molar refractivity (Wildman–Crippen MR) is 75.9 cm³/mol. The maximum absolute atomic E-state index is 12.7. The normalized spacial score (nSPS) is 19.9. The Morgan fingerprint density at radius 1 is 1.53 bits per heavy atom. The molecule has 0 spiro atoms. The predicted octanol–water partition coefficient (Wildman–Crippen LogP) is 2.97. The highest BCUT2D eigenvalue weighted by molar-refractivity contribution is 7.99. The van der Waals surface area contributed by atoms with Crippen molar-refractivity contribution < 1.29 is 9.18 Å². The Labute approximate surface area is 116 Å². The summed E-state index contributed by atoms with van der Waals surface area (Å²) < 4.78 is 12.7. The first-order chi connectivity index (χ1) is 9.19. The summed E-state index contributed by atoms with van der Waals surface area (Å²) in [6, 6.07) is 2.60. The molecule has 1 aromatic heterocycles. The van der Waals surface area contributed by atoms with Gasteiger partial charge in [0.25, 0.3) is 0 Å². The highest BCUT2D eigenvalue weighted by atomic mass is 32.2. The maximum atomic E-state index is 12.7. The van der Waals surface area contributed by atoms with Crippen LogP contribution in [0.15, 0.2) is 18.3 Å². The second-order valence-corrected chi connectivity index (χ2v) is 5.73. The van der Waals surface area contributed by atoms with Crippen molar-refractivity contribution in [2.45, 2.75) is 24.5 Å². The summed E-state index contributed by atoms with van der Waals surface area (Å²) in [6.07, 6.45) is 6.52. The first-order valence-electron chi connectivity index (χ1n) is 6.39. The molecule has 0 aromatic carbocycles. The molecule has 0 unspecified atom stereocenters. The van der Waals surface area contributed by atoms with Gasteiger partial charge in [0.15, 0.2) is 0 Å². The van der Waals surface area contributed by atoms with Gasteiger partial charge in [-0.05, 0) is 31.2 Å². The average molecular weight is 283 g/mol. The largest absolute Gasteiger partial charge is 0.323 e. The van der Waals surface area contributed by atoms with Gasteiger partial charge in [-0.15, -0.1) is 0 Å². The molecule has 1 N–H and O–H groups in total. The number of urea groups is 1. The van der Waals surface area contributed by atoms with E-state index in [4.69, 9.17) is 0 Å². The first-order valence-corrected chi connectivity index (χ1v) is 7.68. The zero-order valence-electron chi connectivity index (χ0n) is 10.9. The van der Waals surface area contributed by atoms with Crippen molar-refractivity contribution in [3.05, 3.63) is 24.1 Å². The van der Waals surface area contributed by atoms with Gasteiger partial charge in [0.2, 0.25) is 0 Å². The minimum Gasteiger partial charge on any atom is -0.323 e. The molecule has 0 saturated carbocycles. The number of amides is 2. The van der Waals surface area contributed by atoms with Crippen LogP contribution in [-0.4, -0.2) is 40.5 Å². The molecule has 2 heterocycles. The quantitative estimate of drug-likeness (QED) is 0.907. The Hall–Kier alpha value is -1.30. The van der Waals surface area contributed by atoms with Crippen LogP contribution < -0.4 is 5.32 Å². The topological polar surface area (TPSA) is 45.2 Å². The summed E-state index contributed by atoms with van der Waals surface area (Å²) in [6.45, 7) is 1.53. The number of likely N-dealkylation sites (tertiary alicyclic amines) is 1. The molecule has 1 fully saturated rings. The van der Waals surface area contributed by atoms with Gasteiger partial charge in [-0.1, -0.05) is 6.42 Å². The van der Waals surface area contributed by atoms with E-state index in [1.54, 1.807) is 11.8 Å². The molecule has 4 nitrogen and oxygen atoms in total. The molecule has 104 valence electrons.